The number of carbonyl (C=O) groups is 1. The van der Waals surface area contributed by atoms with E-state index in [0.29, 0.717) is 10.6 Å². The lowest BCUT2D eigenvalue weighted by Crippen LogP contribution is -2.11. The SMILES string of the molecule is CC(Sc1cc(F)ccc1N)C(=O)O. The van der Waals surface area contributed by atoms with Crippen LogP contribution in [-0.2, 0) is 4.79 Å². The zero-order valence-electron chi connectivity index (χ0n) is 7.53. The third kappa shape index (κ3) is 2.63. The van der Waals surface area contributed by atoms with Crippen molar-refractivity contribution in [2.75, 3.05) is 5.73 Å². The second-order valence-electron chi connectivity index (χ2n) is 2.78. The summed E-state index contributed by atoms with van der Waals surface area (Å²) in [7, 11) is 0. The van der Waals surface area contributed by atoms with E-state index in [-0.39, 0.29) is 0 Å². The fourth-order valence-electron chi connectivity index (χ4n) is 0.851. The predicted octanol–water partition coefficient (Wildman–Crippen LogP) is 1.97. The fraction of sp³-hybridized carbons (Fsp3) is 0.222. The summed E-state index contributed by atoms with van der Waals surface area (Å²) >= 11 is 1.03. The zero-order valence-corrected chi connectivity index (χ0v) is 8.34. The van der Waals surface area contributed by atoms with Crippen molar-refractivity contribution in [3.63, 3.8) is 0 Å². The summed E-state index contributed by atoms with van der Waals surface area (Å²) in [5.74, 6) is -1.36. The minimum absolute atomic E-state index is 0.393. The third-order valence-corrected chi connectivity index (χ3v) is 2.79. The van der Waals surface area contributed by atoms with Gasteiger partial charge in [-0.1, -0.05) is 0 Å². The number of carboxylic acid groups (broad SMARTS) is 1. The molecule has 0 aliphatic carbocycles. The Hall–Kier alpha value is -1.23. The molecule has 0 fully saturated rings. The van der Waals surface area contributed by atoms with Gasteiger partial charge in [-0.3, -0.25) is 4.79 Å². The highest BCUT2D eigenvalue weighted by atomic mass is 32.2. The quantitative estimate of drug-likeness (QED) is 0.597. The summed E-state index contributed by atoms with van der Waals surface area (Å²) in [6.07, 6.45) is 0. The predicted molar refractivity (Wildman–Crippen MR) is 53.8 cm³/mol. The number of anilines is 1. The maximum Gasteiger partial charge on any atom is 0.316 e. The normalized spacial score (nSPS) is 12.4. The molecule has 1 atom stereocenters. The Morgan fingerprint density at radius 1 is 1.64 bits per heavy atom. The van der Waals surface area contributed by atoms with Crippen LogP contribution in [-0.4, -0.2) is 16.3 Å². The largest absolute Gasteiger partial charge is 0.480 e. The van der Waals surface area contributed by atoms with Crippen molar-refractivity contribution in [3.8, 4) is 0 Å². The van der Waals surface area contributed by atoms with E-state index in [1.54, 1.807) is 0 Å². The highest BCUT2D eigenvalue weighted by Gasteiger charge is 2.14. The number of nitrogen functional groups attached to an aromatic ring is 1. The van der Waals surface area contributed by atoms with Crippen molar-refractivity contribution >= 4 is 23.4 Å². The molecule has 0 amide bonds. The summed E-state index contributed by atoms with van der Waals surface area (Å²) in [6, 6.07) is 3.90. The van der Waals surface area contributed by atoms with Crippen LogP contribution in [0.2, 0.25) is 0 Å². The van der Waals surface area contributed by atoms with E-state index in [4.69, 9.17) is 10.8 Å². The minimum Gasteiger partial charge on any atom is -0.480 e. The van der Waals surface area contributed by atoms with Crippen molar-refractivity contribution in [2.24, 2.45) is 0 Å². The number of nitrogens with two attached hydrogens (primary N) is 1. The van der Waals surface area contributed by atoms with E-state index in [1.165, 1.54) is 25.1 Å². The number of hydrogen-bond acceptors (Lipinski definition) is 3. The number of aliphatic carboxylic acids is 1. The van der Waals surface area contributed by atoms with Crippen LogP contribution in [0, 0.1) is 5.82 Å². The average molecular weight is 215 g/mol. The molecule has 3 N–H and O–H groups in total. The minimum atomic E-state index is -0.946. The van der Waals surface area contributed by atoms with E-state index < -0.39 is 17.0 Å². The van der Waals surface area contributed by atoms with E-state index in [0.717, 1.165) is 11.8 Å². The summed E-state index contributed by atoms with van der Waals surface area (Å²) < 4.78 is 12.8. The molecular weight excluding hydrogens is 205 g/mol. The van der Waals surface area contributed by atoms with Gasteiger partial charge in [-0.2, -0.15) is 0 Å². The van der Waals surface area contributed by atoms with Gasteiger partial charge >= 0.3 is 5.97 Å². The lowest BCUT2D eigenvalue weighted by atomic mass is 10.3. The molecule has 1 rings (SSSR count). The first-order chi connectivity index (χ1) is 6.50. The monoisotopic (exact) mass is 215 g/mol. The first-order valence-electron chi connectivity index (χ1n) is 3.95. The number of hydrogen-bond donors (Lipinski definition) is 2. The number of halogens is 1. The highest BCUT2D eigenvalue weighted by molar-refractivity contribution is 8.00. The number of carboxylic acids is 1. The summed E-state index contributed by atoms with van der Waals surface area (Å²) in [5, 5.41) is 8.01. The molecule has 0 aliphatic rings. The topological polar surface area (TPSA) is 63.3 Å². The van der Waals surface area contributed by atoms with Crippen molar-refractivity contribution in [1.82, 2.24) is 0 Å². The molecule has 1 unspecified atom stereocenters. The van der Waals surface area contributed by atoms with Gasteiger partial charge in [0.15, 0.2) is 0 Å². The van der Waals surface area contributed by atoms with Crippen LogP contribution in [0.4, 0.5) is 10.1 Å². The molecule has 5 heteroatoms. The summed E-state index contributed by atoms with van der Waals surface area (Å²) in [6.45, 7) is 1.53. The maximum absolute atomic E-state index is 12.8. The van der Waals surface area contributed by atoms with Crippen molar-refractivity contribution < 1.29 is 14.3 Å². The second kappa shape index (κ2) is 4.32. The van der Waals surface area contributed by atoms with Crippen LogP contribution in [0.25, 0.3) is 0 Å². The van der Waals surface area contributed by atoms with E-state index in [1.807, 2.05) is 0 Å². The van der Waals surface area contributed by atoms with Gasteiger partial charge in [0, 0.05) is 10.6 Å². The Morgan fingerprint density at radius 2 is 2.29 bits per heavy atom. The van der Waals surface area contributed by atoms with Gasteiger partial charge in [0.05, 0.1) is 0 Å². The van der Waals surface area contributed by atoms with Crippen LogP contribution < -0.4 is 5.73 Å². The summed E-state index contributed by atoms with van der Waals surface area (Å²) in [4.78, 5) is 11.0. The molecule has 14 heavy (non-hydrogen) atoms. The van der Waals surface area contributed by atoms with Crippen molar-refractivity contribution in [3.05, 3.63) is 24.0 Å². The molecule has 3 nitrogen and oxygen atoms in total. The first-order valence-corrected chi connectivity index (χ1v) is 4.83. The fourth-order valence-corrected chi connectivity index (χ4v) is 1.72. The van der Waals surface area contributed by atoms with Gasteiger partial charge < -0.3 is 10.8 Å². The summed E-state index contributed by atoms with van der Waals surface area (Å²) in [5.41, 5.74) is 5.95. The van der Waals surface area contributed by atoms with Gasteiger partial charge in [-0.05, 0) is 25.1 Å². The lowest BCUT2D eigenvalue weighted by molar-refractivity contribution is -0.136. The van der Waals surface area contributed by atoms with Crippen molar-refractivity contribution in [1.29, 1.82) is 0 Å². The Kier molecular flexibility index (Phi) is 3.35. The molecule has 0 aromatic heterocycles. The Balaban J connectivity index is 2.85. The van der Waals surface area contributed by atoms with Crippen LogP contribution in [0.5, 0.6) is 0 Å². The molecular formula is C9H10FNO2S. The van der Waals surface area contributed by atoms with Crippen LogP contribution in [0.3, 0.4) is 0 Å². The molecule has 0 heterocycles. The number of benzene rings is 1. The zero-order chi connectivity index (χ0) is 10.7. The standard InChI is InChI=1S/C9H10FNO2S/c1-5(9(12)13)14-8-4-6(10)2-3-7(8)11/h2-5H,11H2,1H3,(H,12,13). The maximum atomic E-state index is 12.8. The molecule has 76 valence electrons. The van der Waals surface area contributed by atoms with E-state index in [9.17, 15) is 9.18 Å². The number of rotatable bonds is 3. The van der Waals surface area contributed by atoms with Gasteiger partial charge in [-0.15, -0.1) is 11.8 Å². The average Bonchev–Trinajstić information content (AvgIpc) is 2.11. The third-order valence-electron chi connectivity index (χ3n) is 1.63. The highest BCUT2D eigenvalue weighted by Crippen LogP contribution is 2.29. The van der Waals surface area contributed by atoms with Gasteiger partial charge in [0.25, 0.3) is 0 Å². The van der Waals surface area contributed by atoms with Crippen LogP contribution in [0.1, 0.15) is 6.92 Å². The molecule has 1 aromatic carbocycles. The molecule has 0 spiro atoms. The smallest absolute Gasteiger partial charge is 0.316 e. The van der Waals surface area contributed by atoms with Gasteiger partial charge in [0.1, 0.15) is 11.1 Å². The van der Waals surface area contributed by atoms with Crippen LogP contribution >= 0.6 is 11.8 Å². The molecule has 1 aromatic rings. The van der Waals surface area contributed by atoms with E-state index >= 15 is 0 Å². The molecule has 0 aliphatic heterocycles. The molecule has 0 saturated carbocycles. The Labute approximate surface area is 85.1 Å². The first kappa shape index (κ1) is 10.8. The number of thioether (sulfide) groups is 1. The Bertz CT molecular complexity index is 357. The molecule has 0 radical (unpaired) electrons. The Morgan fingerprint density at radius 3 is 2.86 bits per heavy atom. The van der Waals surface area contributed by atoms with Crippen molar-refractivity contribution in [2.45, 2.75) is 17.1 Å². The molecule has 0 saturated heterocycles. The van der Waals surface area contributed by atoms with Crippen LogP contribution in [0.15, 0.2) is 23.1 Å². The lowest BCUT2D eigenvalue weighted by Gasteiger charge is -2.08. The van der Waals surface area contributed by atoms with Gasteiger partial charge in [-0.25, -0.2) is 4.39 Å². The molecule has 0 bridgehead atoms. The van der Waals surface area contributed by atoms with E-state index in [2.05, 4.69) is 0 Å². The second-order valence-corrected chi connectivity index (χ2v) is 4.16. The van der Waals surface area contributed by atoms with Gasteiger partial charge in [0.2, 0.25) is 0 Å².